The standard InChI is InChI=1S/C22H18N4O3S/c27-19(24-17-9-4-8-16(12-17)21(28)29)14-30-22-25-18-10-5-11-23-20(18)26(22)13-15-6-2-1-3-7-15/h1-12H,13-14H2,(H,24,27)(H,28,29). The third-order valence-electron chi connectivity index (χ3n) is 4.38. The molecule has 2 aromatic carbocycles. The fourth-order valence-electron chi connectivity index (χ4n) is 3.01. The Hall–Kier alpha value is -3.65. The maximum atomic E-state index is 12.4. The second kappa shape index (κ2) is 8.79. The summed E-state index contributed by atoms with van der Waals surface area (Å²) in [4.78, 5) is 32.6. The van der Waals surface area contributed by atoms with Crippen molar-refractivity contribution in [3.63, 3.8) is 0 Å². The minimum atomic E-state index is -1.04. The first-order valence-electron chi connectivity index (χ1n) is 9.21. The van der Waals surface area contributed by atoms with Crippen molar-refractivity contribution in [3.8, 4) is 0 Å². The average molecular weight is 418 g/mol. The van der Waals surface area contributed by atoms with Gasteiger partial charge in [0.1, 0.15) is 5.52 Å². The molecule has 0 spiro atoms. The summed E-state index contributed by atoms with van der Waals surface area (Å²) >= 11 is 1.31. The van der Waals surface area contributed by atoms with Crippen LogP contribution in [0.4, 0.5) is 5.69 Å². The molecule has 8 heteroatoms. The zero-order valence-corrected chi connectivity index (χ0v) is 16.7. The SMILES string of the molecule is O=C(CSc1nc2cccnc2n1Cc1ccccc1)Nc1cccc(C(=O)O)c1. The number of hydrogen-bond donors (Lipinski definition) is 2. The van der Waals surface area contributed by atoms with E-state index in [4.69, 9.17) is 5.11 Å². The number of aromatic carboxylic acids is 1. The van der Waals surface area contributed by atoms with Gasteiger partial charge in [-0.2, -0.15) is 0 Å². The highest BCUT2D eigenvalue weighted by atomic mass is 32.2. The number of rotatable bonds is 7. The van der Waals surface area contributed by atoms with Crippen molar-refractivity contribution in [1.82, 2.24) is 14.5 Å². The number of pyridine rings is 1. The minimum Gasteiger partial charge on any atom is -0.478 e. The molecule has 2 heterocycles. The summed E-state index contributed by atoms with van der Waals surface area (Å²) in [5.74, 6) is -1.15. The summed E-state index contributed by atoms with van der Waals surface area (Å²) in [7, 11) is 0. The van der Waals surface area contributed by atoms with E-state index in [0.29, 0.717) is 17.4 Å². The predicted molar refractivity (Wildman–Crippen MR) is 116 cm³/mol. The van der Waals surface area contributed by atoms with Gasteiger partial charge in [-0.3, -0.25) is 9.36 Å². The predicted octanol–water partition coefficient (Wildman–Crippen LogP) is 3.91. The van der Waals surface area contributed by atoms with Crippen LogP contribution in [0.3, 0.4) is 0 Å². The molecule has 2 aromatic heterocycles. The molecule has 30 heavy (non-hydrogen) atoms. The van der Waals surface area contributed by atoms with Crippen molar-refractivity contribution >= 4 is 40.5 Å². The van der Waals surface area contributed by atoms with Gasteiger partial charge in [0.05, 0.1) is 17.9 Å². The number of carboxylic acid groups (broad SMARTS) is 1. The molecule has 0 atom stereocenters. The number of nitrogens with zero attached hydrogens (tertiary/aromatic N) is 3. The Labute approximate surface area is 176 Å². The van der Waals surface area contributed by atoms with E-state index in [1.807, 2.05) is 47.0 Å². The normalized spacial score (nSPS) is 10.8. The first-order valence-corrected chi connectivity index (χ1v) is 10.2. The number of thioether (sulfide) groups is 1. The lowest BCUT2D eigenvalue weighted by Crippen LogP contribution is -2.15. The lowest BCUT2D eigenvalue weighted by atomic mass is 10.2. The first-order chi connectivity index (χ1) is 14.6. The molecule has 0 bridgehead atoms. The van der Waals surface area contributed by atoms with E-state index in [-0.39, 0.29) is 17.2 Å². The molecule has 7 nitrogen and oxygen atoms in total. The van der Waals surface area contributed by atoms with Crippen LogP contribution in [-0.2, 0) is 11.3 Å². The highest BCUT2D eigenvalue weighted by Gasteiger charge is 2.15. The lowest BCUT2D eigenvalue weighted by molar-refractivity contribution is -0.113. The number of aromatic nitrogens is 3. The summed E-state index contributed by atoms with van der Waals surface area (Å²) in [6.45, 7) is 0.596. The van der Waals surface area contributed by atoms with Crippen molar-refractivity contribution in [2.45, 2.75) is 11.7 Å². The molecule has 0 unspecified atom stereocenters. The van der Waals surface area contributed by atoms with Crippen molar-refractivity contribution in [1.29, 1.82) is 0 Å². The molecule has 0 saturated heterocycles. The number of nitrogens with one attached hydrogen (secondary N) is 1. The number of carbonyl (C=O) groups is 2. The third-order valence-corrected chi connectivity index (χ3v) is 5.35. The molecular weight excluding hydrogens is 400 g/mol. The van der Waals surface area contributed by atoms with Gasteiger partial charge in [-0.25, -0.2) is 14.8 Å². The van der Waals surface area contributed by atoms with Crippen LogP contribution in [0.25, 0.3) is 11.2 Å². The number of carbonyl (C=O) groups excluding carboxylic acids is 1. The van der Waals surface area contributed by atoms with Crippen LogP contribution in [0.15, 0.2) is 78.1 Å². The molecule has 1 amide bonds. The second-order valence-electron chi connectivity index (χ2n) is 6.54. The number of fused-ring (bicyclic) bond motifs is 1. The van der Waals surface area contributed by atoms with Gasteiger partial charge in [0.2, 0.25) is 5.91 Å². The van der Waals surface area contributed by atoms with E-state index in [0.717, 1.165) is 16.7 Å². The molecule has 0 radical (unpaired) electrons. The second-order valence-corrected chi connectivity index (χ2v) is 7.48. The molecular formula is C22H18N4O3S. The molecule has 150 valence electrons. The van der Waals surface area contributed by atoms with E-state index in [1.165, 1.54) is 23.9 Å². The maximum Gasteiger partial charge on any atom is 0.335 e. The Bertz CT molecular complexity index is 1210. The minimum absolute atomic E-state index is 0.121. The van der Waals surface area contributed by atoms with E-state index in [9.17, 15) is 9.59 Å². The smallest absolute Gasteiger partial charge is 0.335 e. The maximum absolute atomic E-state index is 12.4. The highest BCUT2D eigenvalue weighted by molar-refractivity contribution is 7.99. The van der Waals surface area contributed by atoms with Crippen molar-refractivity contribution in [2.24, 2.45) is 0 Å². The van der Waals surface area contributed by atoms with Crippen molar-refractivity contribution in [2.75, 3.05) is 11.1 Å². The molecule has 4 aromatic rings. The van der Waals surface area contributed by atoms with Gasteiger partial charge in [-0.15, -0.1) is 0 Å². The Morgan fingerprint density at radius 1 is 1.03 bits per heavy atom. The number of hydrogen-bond acceptors (Lipinski definition) is 5. The fraction of sp³-hybridized carbons (Fsp3) is 0.0909. The largest absolute Gasteiger partial charge is 0.478 e. The van der Waals surface area contributed by atoms with Crippen LogP contribution in [0.2, 0.25) is 0 Å². The van der Waals surface area contributed by atoms with Crippen LogP contribution in [0, 0.1) is 0 Å². The Kier molecular flexibility index (Phi) is 5.76. The van der Waals surface area contributed by atoms with E-state index >= 15 is 0 Å². The molecule has 0 aliphatic heterocycles. The topological polar surface area (TPSA) is 97.1 Å². The molecule has 4 rings (SSSR count). The summed E-state index contributed by atoms with van der Waals surface area (Å²) in [5, 5.41) is 12.5. The van der Waals surface area contributed by atoms with E-state index < -0.39 is 5.97 Å². The van der Waals surface area contributed by atoms with Crippen LogP contribution >= 0.6 is 11.8 Å². The number of benzene rings is 2. The average Bonchev–Trinajstić information content (AvgIpc) is 3.10. The summed E-state index contributed by atoms with van der Waals surface area (Å²) in [6.07, 6.45) is 1.72. The zero-order chi connectivity index (χ0) is 20.9. The monoisotopic (exact) mass is 418 g/mol. The van der Waals surface area contributed by atoms with Gasteiger partial charge in [-0.05, 0) is 35.9 Å². The van der Waals surface area contributed by atoms with Crippen LogP contribution in [0.1, 0.15) is 15.9 Å². The van der Waals surface area contributed by atoms with Gasteiger partial charge in [-0.1, -0.05) is 48.2 Å². The number of imidazole rings is 1. The van der Waals surface area contributed by atoms with Crippen LogP contribution in [-0.4, -0.2) is 37.3 Å². The zero-order valence-electron chi connectivity index (χ0n) is 15.9. The Morgan fingerprint density at radius 2 is 1.87 bits per heavy atom. The number of anilines is 1. The molecule has 0 aliphatic carbocycles. The Balaban J connectivity index is 1.51. The molecule has 0 fully saturated rings. The lowest BCUT2D eigenvalue weighted by Gasteiger charge is -2.09. The fourth-order valence-corrected chi connectivity index (χ4v) is 3.82. The number of amides is 1. The van der Waals surface area contributed by atoms with E-state index in [1.54, 1.807) is 18.3 Å². The highest BCUT2D eigenvalue weighted by Crippen LogP contribution is 2.24. The van der Waals surface area contributed by atoms with Crippen molar-refractivity contribution in [3.05, 3.63) is 84.1 Å². The number of carboxylic acids is 1. The van der Waals surface area contributed by atoms with Gasteiger partial charge >= 0.3 is 5.97 Å². The molecule has 0 aliphatic rings. The summed E-state index contributed by atoms with van der Waals surface area (Å²) in [6, 6.07) is 19.9. The third kappa shape index (κ3) is 4.49. The molecule has 0 saturated carbocycles. The van der Waals surface area contributed by atoms with Gasteiger partial charge in [0, 0.05) is 11.9 Å². The first kappa shape index (κ1) is 19.7. The quantitative estimate of drug-likeness (QED) is 0.442. The van der Waals surface area contributed by atoms with Gasteiger partial charge in [0.15, 0.2) is 10.8 Å². The van der Waals surface area contributed by atoms with Gasteiger partial charge < -0.3 is 10.4 Å². The Morgan fingerprint density at radius 3 is 2.67 bits per heavy atom. The van der Waals surface area contributed by atoms with Crippen LogP contribution in [0.5, 0.6) is 0 Å². The van der Waals surface area contributed by atoms with Crippen molar-refractivity contribution < 1.29 is 14.7 Å². The van der Waals surface area contributed by atoms with Gasteiger partial charge in [0.25, 0.3) is 0 Å². The van der Waals surface area contributed by atoms with E-state index in [2.05, 4.69) is 15.3 Å². The summed E-state index contributed by atoms with van der Waals surface area (Å²) in [5.41, 5.74) is 3.21. The van der Waals surface area contributed by atoms with Crippen LogP contribution < -0.4 is 5.32 Å². The molecule has 2 N–H and O–H groups in total. The summed E-state index contributed by atoms with van der Waals surface area (Å²) < 4.78 is 1.99.